The summed E-state index contributed by atoms with van der Waals surface area (Å²) in [6, 6.07) is 5.40. The van der Waals surface area contributed by atoms with Crippen LogP contribution in [0.2, 0.25) is 0 Å². The number of aromatic amines is 1. The Morgan fingerprint density at radius 2 is 2.18 bits per heavy atom. The van der Waals surface area contributed by atoms with Crippen molar-refractivity contribution < 1.29 is 4.74 Å². The van der Waals surface area contributed by atoms with Crippen LogP contribution in [0.1, 0.15) is 32.5 Å². The number of benzene rings is 1. The van der Waals surface area contributed by atoms with Gasteiger partial charge in [0.2, 0.25) is 0 Å². The summed E-state index contributed by atoms with van der Waals surface area (Å²) < 4.78 is 5.49. The zero-order valence-electron chi connectivity index (χ0n) is 10.3. The second kappa shape index (κ2) is 4.57. The Bertz CT molecular complexity index is 587. The van der Waals surface area contributed by atoms with Gasteiger partial charge in [-0.05, 0) is 19.1 Å². The van der Waals surface area contributed by atoms with E-state index in [0.717, 1.165) is 0 Å². The molecule has 0 aliphatic rings. The third-order valence-electron chi connectivity index (χ3n) is 2.56. The second-order valence-electron chi connectivity index (χ2n) is 4.19. The highest BCUT2D eigenvalue weighted by molar-refractivity contribution is 5.83. The summed E-state index contributed by atoms with van der Waals surface area (Å²) in [6.45, 7) is 6.46. The van der Waals surface area contributed by atoms with Crippen LogP contribution in [-0.4, -0.2) is 16.6 Å². The third kappa shape index (κ3) is 2.16. The molecule has 0 unspecified atom stereocenters. The van der Waals surface area contributed by atoms with E-state index in [1.807, 2.05) is 26.8 Å². The Balaban J connectivity index is 2.74. The predicted molar refractivity (Wildman–Crippen MR) is 67.6 cm³/mol. The molecule has 0 saturated heterocycles. The van der Waals surface area contributed by atoms with E-state index in [9.17, 15) is 4.79 Å². The average Bonchev–Trinajstić information content (AvgIpc) is 2.30. The molecule has 0 aliphatic heterocycles. The van der Waals surface area contributed by atoms with Crippen LogP contribution in [0, 0.1) is 0 Å². The predicted octanol–water partition coefficient (Wildman–Crippen LogP) is 2.45. The van der Waals surface area contributed by atoms with Crippen LogP contribution in [0.15, 0.2) is 23.0 Å². The van der Waals surface area contributed by atoms with Crippen molar-refractivity contribution >= 4 is 10.9 Å². The molecule has 0 aliphatic carbocycles. The molecule has 2 aromatic rings. The number of nitrogens with zero attached hydrogens (tertiary/aromatic N) is 1. The fourth-order valence-electron chi connectivity index (χ4n) is 1.70. The molecular formula is C13H16N2O2. The molecule has 4 nitrogen and oxygen atoms in total. The summed E-state index contributed by atoms with van der Waals surface area (Å²) in [4.78, 5) is 19.2. The first-order valence-corrected chi connectivity index (χ1v) is 5.79. The molecule has 4 heteroatoms. The Kier molecular flexibility index (Phi) is 3.13. The SMILES string of the molecule is CCOc1cccc2c(=O)[nH]c(C(C)C)nc12. The van der Waals surface area contributed by atoms with Crippen LogP contribution in [-0.2, 0) is 0 Å². The smallest absolute Gasteiger partial charge is 0.258 e. The minimum Gasteiger partial charge on any atom is -0.492 e. The molecular weight excluding hydrogens is 216 g/mol. The zero-order valence-corrected chi connectivity index (χ0v) is 10.3. The Morgan fingerprint density at radius 1 is 1.41 bits per heavy atom. The van der Waals surface area contributed by atoms with E-state index in [-0.39, 0.29) is 11.5 Å². The molecule has 0 fully saturated rings. The zero-order chi connectivity index (χ0) is 12.4. The van der Waals surface area contributed by atoms with Gasteiger partial charge in [-0.25, -0.2) is 4.98 Å². The Labute approximate surface area is 99.7 Å². The number of fused-ring (bicyclic) bond motifs is 1. The summed E-state index contributed by atoms with van der Waals surface area (Å²) in [5.41, 5.74) is 0.530. The van der Waals surface area contributed by atoms with E-state index >= 15 is 0 Å². The maximum absolute atomic E-state index is 11.9. The minimum absolute atomic E-state index is 0.111. The van der Waals surface area contributed by atoms with Crippen LogP contribution in [0.3, 0.4) is 0 Å². The van der Waals surface area contributed by atoms with Gasteiger partial charge in [-0.3, -0.25) is 4.79 Å². The van der Waals surface area contributed by atoms with Crippen LogP contribution >= 0.6 is 0 Å². The first-order chi connectivity index (χ1) is 8.13. The Hall–Kier alpha value is -1.84. The standard InChI is InChI=1S/C13H16N2O2/c1-4-17-10-7-5-6-9-11(10)14-12(8(2)3)15-13(9)16/h5-8H,4H2,1-3H3,(H,14,15,16). The summed E-state index contributed by atoms with van der Waals surface area (Å²) in [6.07, 6.45) is 0. The highest BCUT2D eigenvalue weighted by atomic mass is 16.5. The average molecular weight is 232 g/mol. The summed E-state index contributed by atoms with van der Waals surface area (Å²) in [5.74, 6) is 1.54. The first kappa shape index (κ1) is 11.6. The van der Waals surface area contributed by atoms with Crippen LogP contribution < -0.4 is 10.3 Å². The number of aromatic nitrogens is 2. The number of H-pyrrole nitrogens is 1. The van der Waals surface area contributed by atoms with E-state index in [1.165, 1.54) is 0 Å². The molecule has 17 heavy (non-hydrogen) atoms. The van der Waals surface area contributed by atoms with E-state index in [0.29, 0.717) is 29.1 Å². The number of para-hydroxylation sites is 1. The molecule has 0 radical (unpaired) electrons. The highest BCUT2D eigenvalue weighted by Crippen LogP contribution is 2.22. The van der Waals surface area contributed by atoms with E-state index in [2.05, 4.69) is 9.97 Å². The van der Waals surface area contributed by atoms with Crippen molar-refractivity contribution in [1.29, 1.82) is 0 Å². The van der Waals surface area contributed by atoms with Gasteiger partial charge in [-0.1, -0.05) is 19.9 Å². The van der Waals surface area contributed by atoms with Crippen LogP contribution in [0.4, 0.5) is 0 Å². The lowest BCUT2D eigenvalue weighted by molar-refractivity contribution is 0.343. The molecule has 1 aromatic heterocycles. The molecule has 2 rings (SSSR count). The fourth-order valence-corrected chi connectivity index (χ4v) is 1.70. The third-order valence-corrected chi connectivity index (χ3v) is 2.56. The van der Waals surface area contributed by atoms with Crippen LogP contribution in [0.5, 0.6) is 5.75 Å². The van der Waals surface area contributed by atoms with Gasteiger partial charge in [0.1, 0.15) is 17.1 Å². The molecule has 0 spiro atoms. The van der Waals surface area contributed by atoms with Crippen molar-refractivity contribution in [1.82, 2.24) is 9.97 Å². The van der Waals surface area contributed by atoms with Gasteiger partial charge >= 0.3 is 0 Å². The van der Waals surface area contributed by atoms with Gasteiger partial charge in [-0.2, -0.15) is 0 Å². The van der Waals surface area contributed by atoms with Gasteiger partial charge in [0.05, 0.1) is 12.0 Å². The van der Waals surface area contributed by atoms with Crippen LogP contribution in [0.25, 0.3) is 10.9 Å². The number of hydrogen-bond acceptors (Lipinski definition) is 3. The summed E-state index contributed by atoms with van der Waals surface area (Å²) >= 11 is 0. The lowest BCUT2D eigenvalue weighted by atomic mass is 10.2. The number of hydrogen-bond donors (Lipinski definition) is 1. The van der Waals surface area contributed by atoms with Gasteiger partial charge in [0, 0.05) is 5.92 Å². The van der Waals surface area contributed by atoms with Crippen molar-refractivity contribution in [2.45, 2.75) is 26.7 Å². The molecule has 0 atom stereocenters. The molecule has 1 aromatic carbocycles. The van der Waals surface area contributed by atoms with Gasteiger partial charge in [-0.15, -0.1) is 0 Å². The minimum atomic E-state index is -0.111. The maximum atomic E-state index is 11.9. The van der Waals surface area contributed by atoms with Crippen molar-refractivity contribution in [3.8, 4) is 5.75 Å². The topological polar surface area (TPSA) is 55.0 Å². The maximum Gasteiger partial charge on any atom is 0.258 e. The van der Waals surface area contributed by atoms with Gasteiger partial charge < -0.3 is 9.72 Å². The number of ether oxygens (including phenoxy) is 1. The van der Waals surface area contributed by atoms with Crippen molar-refractivity contribution in [3.05, 3.63) is 34.4 Å². The van der Waals surface area contributed by atoms with Crippen molar-refractivity contribution in [2.24, 2.45) is 0 Å². The first-order valence-electron chi connectivity index (χ1n) is 5.79. The largest absolute Gasteiger partial charge is 0.492 e. The normalized spacial score (nSPS) is 11.1. The quantitative estimate of drug-likeness (QED) is 0.884. The summed E-state index contributed by atoms with van der Waals surface area (Å²) in [7, 11) is 0. The second-order valence-corrected chi connectivity index (χ2v) is 4.19. The molecule has 1 N–H and O–H groups in total. The number of nitrogens with one attached hydrogen (secondary N) is 1. The fraction of sp³-hybridized carbons (Fsp3) is 0.385. The summed E-state index contributed by atoms with van der Waals surface area (Å²) in [5, 5.41) is 0.570. The molecule has 0 amide bonds. The highest BCUT2D eigenvalue weighted by Gasteiger charge is 2.10. The number of rotatable bonds is 3. The van der Waals surface area contributed by atoms with Crippen molar-refractivity contribution in [3.63, 3.8) is 0 Å². The van der Waals surface area contributed by atoms with E-state index in [1.54, 1.807) is 12.1 Å². The lowest BCUT2D eigenvalue weighted by Gasteiger charge is -2.09. The van der Waals surface area contributed by atoms with E-state index < -0.39 is 0 Å². The molecule has 90 valence electrons. The van der Waals surface area contributed by atoms with Crippen molar-refractivity contribution in [2.75, 3.05) is 6.61 Å². The van der Waals surface area contributed by atoms with Gasteiger partial charge in [0.15, 0.2) is 0 Å². The lowest BCUT2D eigenvalue weighted by Crippen LogP contribution is -2.13. The molecule has 1 heterocycles. The molecule has 0 saturated carbocycles. The molecule has 0 bridgehead atoms. The van der Waals surface area contributed by atoms with Gasteiger partial charge in [0.25, 0.3) is 5.56 Å². The Morgan fingerprint density at radius 3 is 2.82 bits per heavy atom. The van der Waals surface area contributed by atoms with E-state index in [4.69, 9.17) is 4.74 Å². The monoisotopic (exact) mass is 232 g/mol.